The summed E-state index contributed by atoms with van der Waals surface area (Å²) in [5.74, 6) is -0.237. The average Bonchev–Trinajstić information content (AvgIpc) is 3.03. The maximum absolute atomic E-state index is 13.7. The minimum absolute atomic E-state index is 0.204. The molecule has 0 saturated carbocycles. The Balaban J connectivity index is 1.88. The third-order valence-electron chi connectivity index (χ3n) is 5.81. The summed E-state index contributed by atoms with van der Waals surface area (Å²) >= 11 is 6.31. The molecule has 0 radical (unpaired) electrons. The summed E-state index contributed by atoms with van der Waals surface area (Å²) in [5.41, 5.74) is 5.08. The summed E-state index contributed by atoms with van der Waals surface area (Å²) in [6.07, 6.45) is 0. The number of imide groups is 1. The van der Waals surface area contributed by atoms with E-state index < -0.39 is 11.8 Å². The minimum Gasteiger partial charge on any atom is -0.492 e. The number of nitrogens with one attached hydrogen (secondary N) is 1. The predicted molar refractivity (Wildman–Crippen MR) is 133 cm³/mol. The van der Waals surface area contributed by atoms with Crippen molar-refractivity contribution in [3.05, 3.63) is 93.6 Å². The number of anilines is 2. The van der Waals surface area contributed by atoms with Crippen molar-refractivity contribution in [2.45, 2.75) is 27.7 Å². The van der Waals surface area contributed by atoms with E-state index in [2.05, 4.69) is 5.32 Å². The highest BCUT2D eigenvalue weighted by Crippen LogP contribution is 2.38. The molecule has 0 aromatic heterocycles. The number of ether oxygens (including phenoxy) is 1. The van der Waals surface area contributed by atoms with Crippen LogP contribution >= 0.6 is 11.6 Å². The van der Waals surface area contributed by atoms with Crippen LogP contribution in [0.5, 0.6) is 5.75 Å². The number of carbonyl (C=O) groups is 2. The summed E-state index contributed by atoms with van der Waals surface area (Å²) in [4.78, 5) is 28.6. The fourth-order valence-electron chi connectivity index (χ4n) is 3.85. The van der Waals surface area contributed by atoms with Crippen LogP contribution in [0.25, 0.3) is 5.57 Å². The number of aryl methyl sites for hydroxylation is 2. The molecule has 5 nitrogen and oxygen atoms in total. The lowest BCUT2D eigenvalue weighted by atomic mass is 9.99. The zero-order valence-electron chi connectivity index (χ0n) is 19.0. The van der Waals surface area contributed by atoms with Crippen LogP contribution in [0.2, 0.25) is 5.02 Å². The van der Waals surface area contributed by atoms with E-state index in [1.165, 1.54) is 4.90 Å². The fourth-order valence-corrected chi connectivity index (χ4v) is 4.02. The van der Waals surface area contributed by atoms with Crippen LogP contribution in [-0.2, 0) is 9.59 Å². The molecule has 0 unspecified atom stereocenters. The lowest BCUT2D eigenvalue weighted by Gasteiger charge is -2.19. The Morgan fingerprint density at radius 2 is 1.67 bits per heavy atom. The quantitative estimate of drug-likeness (QED) is 0.454. The first-order valence-electron chi connectivity index (χ1n) is 10.8. The lowest BCUT2D eigenvalue weighted by Crippen LogP contribution is -2.33. The molecule has 1 aliphatic heterocycles. The van der Waals surface area contributed by atoms with E-state index in [4.69, 9.17) is 16.3 Å². The molecular weight excluding hydrogens is 436 g/mol. The second-order valence-corrected chi connectivity index (χ2v) is 8.34. The number of rotatable bonds is 6. The number of carbonyl (C=O) groups excluding carboxylic acids is 2. The van der Waals surface area contributed by atoms with Crippen molar-refractivity contribution in [1.82, 2.24) is 0 Å². The predicted octanol–water partition coefficient (Wildman–Crippen LogP) is 6.06. The first kappa shape index (κ1) is 22.6. The van der Waals surface area contributed by atoms with Gasteiger partial charge in [0.25, 0.3) is 11.8 Å². The summed E-state index contributed by atoms with van der Waals surface area (Å²) in [6.45, 7) is 8.15. The number of para-hydroxylation sites is 2. The Morgan fingerprint density at radius 1 is 0.909 bits per heavy atom. The molecule has 0 atom stereocenters. The molecule has 1 aliphatic rings. The molecule has 0 spiro atoms. The van der Waals surface area contributed by atoms with Gasteiger partial charge in [-0.15, -0.1) is 0 Å². The Morgan fingerprint density at radius 3 is 2.39 bits per heavy atom. The highest BCUT2D eigenvalue weighted by atomic mass is 35.5. The van der Waals surface area contributed by atoms with Gasteiger partial charge in [-0.05, 0) is 74.2 Å². The van der Waals surface area contributed by atoms with Crippen LogP contribution in [0, 0.1) is 20.8 Å². The summed E-state index contributed by atoms with van der Waals surface area (Å²) in [6, 6.07) is 18.3. The molecule has 3 aromatic carbocycles. The van der Waals surface area contributed by atoms with Gasteiger partial charge < -0.3 is 10.1 Å². The van der Waals surface area contributed by atoms with E-state index in [0.717, 1.165) is 11.1 Å². The van der Waals surface area contributed by atoms with Crippen molar-refractivity contribution in [3.8, 4) is 5.75 Å². The van der Waals surface area contributed by atoms with E-state index in [-0.39, 0.29) is 5.70 Å². The van der Waals surface area contributed by atoms with Gasteiger partial charge >= 0.3 is 0 Å². The van der Waals surface area contributed by atoms with Crippen LogP contribution in [0.15, 0.2) is 66.4 Å². The molecule has 1 N–H and O–H groups in total. The summed E-state index contributed by atoms with van der Waals surface area (Å²) in [5, 5.41) is 3.69. The Hall–Kier alpha value is -3.57. The van der Waals surface area contributed by atoms with Gasteiger partial charge in [-0.3, -0.25) is 9.59 Å². The molecule has 1 heterocycles. The molecule has 4 rings (SSSR count). The largest absolute Gasteiger partial charge is 0.492 e. The normalized spacial score (nSPS) is 13.7. The Bertz CT molecular complexity index is 1300. The minimum atomic E-state index is -0.440. The smallest absolute Gasteiger partial charge is 0.282 e. The standard InChI is InChI=1S/C27H25ClN2O3/c1-5-33-23-12-7-6-10-21(23)29-25-24(19-14-13-16(2)17(3)15-19)26(31)30(27(25)32)22-11-8-9-20(28)18(22)4/h6-15,29H,5H2,1-4H3. The van der Waals surface area contributed by atoms with Crippen LogP contribution < -0.4 is 15.0 Å². The molecule has 6 heteroatoms. The van der Waals surface area contributed by atoms with Gasteiger partial charge in [-0.2, -0.15) is 0 Å². The fraction of sp³-hybridized carbons (Fsp3) is 0.185. The number of amides is 2. The zero-order valence-corrected chi connectivity index (χ0v) is 19.8. The van der Waals surface area contributed by atoms with Crippen molar-refractivity contribution >= 4 is 40.4 Å². The SMILES string of the molecule is CCOc1ccccc1NC1=C(c2ccc(C)c(C)c2)C(=O)N(c2cccc(Cl)c2C)C1=O. The van der Waals surface area contributed by atoms with Gasteiger partial charge in [-0.1, -0.05) is 48.0 Å². The van der Waals surface area contributed by atoms with Gasteiger partial charge in [0.1, 0.15) is 11.4 Å². The van der Waals surface area contributed by atoms with E-state index in [0.29, 0.717) is 45.5 Å². The van der Waals surface area contributed by atoms with Crippen molar-refractivity contribution in [2.24, 2.45) is 0 Å². The number of halogens is 1. The monoisotopic (exact) mass is 460 g/mol. The second-order valence-electron chi connectivity index (χ2n) is 7.93. The molecule has 2 amide bonds. The number of benzene rings is 3. The molecular formula is C27H25ClN2O3. The lowest BCUT2D eigenvalue weighted by molar-refractivity contribution is -0.120. The van der Waals surface area contributed by atoms with E-state index in [1.807, 2.05) is 63.2 Å². The average molecular weight is 461 g/mol. The van der Waals surface area contributed by atoms with Crippen LogP contribution in [0.4, 0.5) is 11.4 Å². The van der Waals surface area contributed by atoms with Gasteiger partial charge in [-0.25, -0.2) is 4.90 Å². The van der Waals surface area contributed by atoms with Crippen molar-refractivity contribution < 1.29 is 14.3 Å². The molecule has 0 fully saturated rings. The molecule has 0 aliphatic carbocycles. The third-order valence-corrected chi connectivity index (χ3v) is 6.22. The van der Waals surface area contributed by atoms with Gasteiger partial charge in [0.15, 0.2) is 0 Å². The molecule has 33 heavy (non-hydrogen) atoms. The van der Waals surface area contributed by atoms with E-state index >= 15 is 0 Å². The van der Waals surface area contributed by atoms with Gasteiger partial charge in [0.05, 0.1) is 23.6 Å². The van der Waals surface area contributed by atoms with Crippen LogP contribution in [-0.4, -0.2) is 18.4 Å². The first-order chi connectivity index (χ1) is 15.8. The van der Waals surface area contributed by atoms with Crippen molar-refractivity contribution in [3.63, 3.8) is 0 Å². The first-order valence-corrected chi connectivity index (χ1v) is 11.2. The van der Waals surface area contributed by atoms with E-state index in [9.17, 15) is 9.59 Å². The highest BCUT2D eigenvalue weighted by Gasteiger charge is 2.41. The van der Waals surface area contributed by atoms with Gasteiger partial charge in [0, 0.05) is 5.02 Å². The van der Waals surface area contributed by atoms with Crippen molar-refractivity contribution in [2.75, 3.05) is 16.8 Å². The van der Waals surface area contributed by atoms with Crippen LogP contribution in [0.1, 0.15) is 29.2 Å². The molecule has 0 bridgehead atoms. The summed E-state index contributed by atoms with van der Waals surface area (Å²) in [7, 11) is 0. The Kier molecular flexibility index (Phi) is 6.25. The maximum atomic E-state index is 13.7. The molecule has 168 valence electrons. The zero-order chi connectivity index (χ0) is 23.7. The molecule has 0 saturated heterocycles. The van der Waals surface area contributed by atoms with Crippen LogP contribution in [0.3, 0.4) is 0 Å². The number of hydrogen-bond acceptors (Lipinski definition) is 4. The van der Waals surface area contributed by atoms with Gasteiger partial charge in [0.2, 0.25) is 0 Å². The topological polar surface area (TPSA) is 58.6 Å². The number of hydrogen-bond donors (Lipinski definition) is 1. The Labute approximate surface area is 198 Å². The summed E-state index contributed by atoms with van der Waals surface area (Å²) < 4.78 is 5.72. The molecule has 3 aromatic rings. The highest BCUT2D eigenvalue weighted by molar-refractivity contribution is 6.46. The van der Waals surface area contributed by atoms with E-state index in [1.54, 1.807) is 25.1 Å². The third kappa shape index (κ3) is 4.12. The maximum Gasteiger partial charge on any atom is 0.282 e. The number of nitrogens with zero attached hydrogens (tertiary/aromatic N) is 1. The second kappa shape index (κ2) is 9.12. The van der Waals surface area contributed by atoms with Crippen molar-refractivity contribution in [1.29, 1.82) is 0 Å².